The third-order valence-electron chi connectivity index (χ3n) is 3.57. The van der Waals surface area contributed by atoms with Gasteiger partial charge in [0.25, 0.3) is 0 Å². The molecule has 2 unspecified atom stereocenters. The van der Waals surface area contributed by atoms with Crippen molar-refractivity contribution < 1.29 is 9.90 Å². The molecular formula is C12H24N2O2. The Morgan fingerprint density at radius 2 is 1.81 bits per heavy atom. The zero-order valence-electron chi connectivity index (χ0n) is 10.6. The third-order valence-corrected chi connectivity index (χ3v) is 3.57. The quantitative estimate of drug-likeness (QED) is 0.766. The molecule has 0 aromatic heterocycles. The first-order valence-electron chi connectivity index (χ1n) is 6.23. The van der Waals surface area contributed by atoms with Crippen LogP contribution in [-0.2, 0) is 4.79 Å². The van der Waals surface area contributed by atoms with Gasteiger partial charge in [0.2, 0.25) is 0 Å². The number of carboxylic acids is 1. The molecule has 1 N–H and O–H groups in total. The molecule has 4 nitrogen and oxygen atoms in total. The SMILES string of the molecule is CCC(C)N1CCN(CC(C)C(=O)O)CC1. The number of aliphatic carboxylic acids is 1. The van der Waals surface area contributed by atoms with Gasteiger partial charge in [-0.3, -0.25) is 14.6 Å². The highest BCUT2D eigenvalue weighted by Gasteiger charge is 2.22. The smallest absolute Gasteiger partial charge is 0.307 e. The summed E-state index contributed by atoms with van der Waals surface area (Å²) in [5.74, 6) is -0.945. The van der Waals surface area contributed by atoms with Crippen molar-refractivity contribution in [3.8, 4) is 0 Å². The van der Waals surface area contributed by atoms with Gasteiger partial charge in [-0.25, -0.2) is 0 Å². The van der Waals surface area contributed by atoms with E-state index < -0.39 is 5.97 Å². The predicted octanol–water partition coefficient (Wildman–Crippen LogP) is 1.12. The highest BCUT2D eigenvalue weighted by molar-refractivity contribution is 5.69. The van der Waals surface area contributed by atoms with Crippen LogP contribution in [0.4, 0.5) is 0 Å². The first-order valence-corrected chi connectivity index (χ1v) is 6.23. The number of carbonyl (C=O) groups is 1. The van der Waals surface area contributed by atoms with Crippen LogP contribution in [0.25, 0.3) is 0 Å². The normalized spacial score (nSPS) is 22.9. The molecule has 0 saturated carbocycles. The van der Waals surface area contributed by atoms with Gasteiger partial charge in [-0.05, 0) is 13.3 Å². The van der Waals surface area contributed by atoms with Gasteiger partial charge in [0.15, 0.2) is 0 Å². The topological polar surface area (TPSA) is 43.8 Å². The van der Waals surface area contributed by atoms with Crippen molar-refractivity contribution in [2.24, 2.45) is 5.92 Å². The maximum atomic E-state index is 10.8. The van der Waals surface area contributed by atoms with Gasteiger partial charge < -0.3 is 5.11 Å². The largest absolute Gasteiger partial charge is 0.481 e. The highest BCUT2D eigenvalue weighted by atomic mass is 16.4. The van der Waals surface area contributed by atoms with E-state index in [0.717, 1.165) is 26.2 Å². The molecule has 0 bridgehead atoms. The molecule has 4 heteroatoms. The molecule has 0 aliphatic carbocycles. The van der Waals surface area contributed by atoms with Gasteiger partial charge in [0, 0.05) is 38.8 Å². The lowest BCUT2D eigenvalue weighted by Gasteiger charge is -2.38. The van der Waals surface area contributed by atoms with Crippen molar-refractivity contribution >= 4 is 5.97 Å². The van der Waals surface area contributed by atoms with Crippen LogP contribution in [0.5, 0.6) is 0 Å². The second-order valence-corrected chi connectivity index (χ2v) is 4.83. The Morgan fingerprint density at radius 1 is 1.25 bits per heavy atom. The number of rotatable bonds is 5. The van der Waals surface area contributed by atoms with E-state index in [2.05, 4.69) is 23.6 Å². The molecule has 94 valence electrons. The maximum Gasteiger partial charge on any atom is 0.307 e. The van der Waals surface area contributed by atoms with Crippen LogP contribution in [0, 0.1) is 5.92 Å². The van der Waals surface area contributed by atoms with Crippen molar-refractivity contribution in [1.82, 2.24) is 9.80 Å². The summed E-state index contributed by atoms with van der Waals surface area (Å²) in [6.45, 7) is 11.1. The minimum Gasteiger partial charge on any atom is -0.481 e. The fourth-order valence-electron chi connectivity index (χ4n) is 2.11. The maximum absolute atomic E-state index is 10.8. The molecular weight excluding hydrogens is 204 g/mol. The molecule has 1 saturated heterocycles. The van der Waals surface area contributed by atoms with Crippen molar-refractivity contribution in [2.75, 3.05) is 32.7 Å². The number of piperazine rings is 1. The van der Waals surface area contributed by atoms with Gasteiger partial charge in [-0.15, -0.1) is 0 Å². The number of carboxylic acid groups (broad SMARTS) is 1. The first-order chi connectivity index (χ1) is 7.54. The lowest BCUT2D eigenvalue weighted by molar-refractivity contribution is -0.141. The van der Waals surface area contributed by atoms with E-state index in [0.29, 0.717) is 12.6 Å². The molecule has 1 heterocycles. The van der Waals surface area contributed by atoms with Crippen LogP contribution in [0.15, 0.2) is 0 Å². The highest BCUT2D eigenvalue weighted by Crippen LogP contribution is 2.10. The molecule has 0 aromatic rings. The fourth-order valence-corrected chi connectivity index (χ4v) is 2.11. The second kappa shape index (κ2) is 6.21. The van der Waals surface area contributed by atoms with Gasteiger partial charge in [-0.2, -0.15) is 0 Å². The summed E-state index contributed by atoms with van der Waals surface area (Å²) in [5.41, 5.74) is 0. The average Bonchev–Trinajstić information content (AvgIpc) is 2.28. The van der Waals surface area contributed by atoms with Crippen LogP contribution in [-0.4, -0.2) is 59.6 Å². The molecule has 0 radical (unpaired) electrons. The molecule has 1 aliphatic heterocycles. The van der Waals surface area contributed by atoms with E-state index in [1.807, 2.05) is 0 Å². The monoisotopic (exact) mass is 228 g/mol. The van der Waals surface area contributed by atoms with Gasteiger partial charge in [0.1, 0.15) is 0 Å². The molecule has 0 aromatic carbocycles. The van der Waals surface area contributed by atoms with Crippen LogP contribution in [0.1, 0.15) is 27.2 Å². The van der Waals surface area contributed by atoms with Crippen molar-refractivity contribution in [2.45, 2.75) is 33.2 Å². The van der Waals surface area contributed by atoms with E-state index in [1.165, 1.54) is 6.42 Å². The van der Waals surface area contributed by atoms with Crippen LogP contribution in [0.3, 0.4) is 0 Å². The zero-order chi connectivity index (χ0) is 12.1. The van der Waals surface area contributed by atoms with Crippen molar-refractivity contribution in [1.29, 1.82) is 0 Å². The number of hydrogen-bond donors (Lipinski definition) is 1. The Kier molecular flexibility index (Phi) is 5.22. The minimum atomic E-state index is -0.690. The molecule has 2 atom stereocenters. The number of nitrogens with zero attached hydrogens (tertiary/aromatic N) is 2. The molecule has 1 aliphatic rings. The summed E-state index contributed by atoms with van der Waals surface area (Å²) >= 11 is 0. The standard InChI is InChI=1S/C12H24N2O2/c1-4-11(3)14-7-5-13(6-8-14)9-10(2)12(15)16/h10-11H,4-9H2,1-3H3,(H,15,16). The summed E-state index contributed by atoms with van der Waals surface area (Å²) in [4.78, 5) is 15.5. The average molecular weight is 228 g/mol. The molecule has 1 fully saturated rings. The van der Waals surface area contributed by atoms with Crippen LogP contribution < -0.4 is 0 Å². The zero-order valence-corrected chi connectivity index (χ0v) is 10.6. The predicted molar refractivity (Wildman–Crippen MR) is 64.6 cm³/mol. The Hall–Kier alpha value is -0.610. The summed E-state index contributed by atoms with van der Waals surface area (Å²) in [7, 11) is 0. The summed E-state index contributed by atoms with van der Waals surface area (Å²) in [6, 6.07) is 0.652. The van der Waals surface area contributed by atoms with Crippen LogP contribution >= 0.6 is 0 Å². The summed E-state index contributed by atoms with van der Waals surface area (Å²) < 4.78 is 0. The van der Waals surface area contributed by atoms with E-state index in [1.54, 1.807) is 6.92 Å². The number of hydrogen-bond acceptors (Lipinski definition) is 3. The minimum absolute atomic E-state index is 0.254. The van der Waals surface area contributed by atoms with E-state index in [9.17, 15) is 4.79 Å². The summed E-state index contributed by atoms with van der Waals surface area (Å²) in [5, 5.41) is 8.85. The molecule has 0 amide bonds. The Labute approximate surface area is 98.2 Å². The lowest BCUT2D eigenvalue weighted by Crippen LogP contribution is -2.50. The molecule has 1 rings (SSSR count). The molecule has 16 heavy (non-hydrogen) atoms. The Bertz CT molecular complexity index is 225. The van der Waals surface area contributed by atoms with Gasteiger partial charge >= 0.3 is 5.97 Å². The fraction of sp³-hybridized carbons (Fsp3) is 0.917. The first kappa shape index (κ1) is 13.5. The lowest BCUT2D eigenvalue weighted by atomic mass is 10.1. The van der Waals surface area contributed by atoms with E-state index in [4.69, 9.17) is 5.11 Å². The van der Waals surface area contributed by atoms with E-state index >= 15 is 0 Å². The van der Waals surface area contributed by atoms with Crippen LogP contribution in [0.2, 0.25) is 0 Å². The van der Waals surface area contributed by atoms with Gasteiger partial charge in [0.05, 0.1) is 5.92 Å². The molecule has 0 spiro atoms. The second-order valence-electron chi connectivity index (χ2n) is 4.83. The van der Waals surface area contributed by atoms with Crippen molar-refractivity contribution in [3.63, 3.8) is 0 Å². The van der Waals surface area contributed by atoms with Gasteiger partial charge in [-0.1, -0.05) is 13.8 Å². The van der Waals surface area contributed by atoms with Crippen molar-refractivity contribution in [3.05, 3.63) is 0 Å². The van der Waals surface area contributed by atoms with E-state index in [-0.39, 0.29) is 5.92 Å². The summed E-state index contributed by atoms with van der Waals surface area (Å²) in [6.07, 6.45) is 1.19. The Balaban J connectivity index is 2.29. The Morgan fingerprint density at radius 3 is 2.25 bits per heavy atom. The third kappa shape index (κ3) is 3.76.